The van der Waals surface area contributed by atoms with Crippen LogP contribution in [0.1, 0.15) is 24.6 Å². The summed E-state index contributed by atoms with van der Waals surface area (Å²) in [5, 5.41) is 6.60. The molecule has 0 saturated carbocycles. The number of piperidine rings is 1. The van der Waals surface area contributed by atoms with Crippen molar-refractivity contribution in [2.45, 2.75) is 26.2 Å². The van der Waals surface area contributed by atoms with Gasteiger partial charge in [-0.15, -0.1) is 0 Å². The maximum atomic E-state index is 12.1. The van der Waals surface area contributed by atoms with Crippen LogP contribution >= 0.6 is 0 Å². The molecule has 0 spiro atoms. The molecule has 1 atom stereocenters. The predicted octanol–water partition coefficient (Wildman–Crippen LogP) is 0.989. The molecule has 1 aliphatic rings. The van der Waals surface area contributed by atoms with Gasteiger partial charge >= 0.3 is 6.03 Å². The van der Waals surface area contributed by atoms with E-state index in [1.807, 2.05) is 4.90 Å². The topological polar surface area (TPSA) is 80.5 Å². The van der Waals surface area contributed by atoms with Crippen molar-refractivity contribution in [3.05, 3.63) is 11.7 Å². The van der Waals surface area contributed by atoms with Gasteiger partial charge in [-0.2, -0.15) is 4.98 Å². The maximum Gasteiger partial charge on any atom is 0.317 e. The molecule has 1 fully saturated rings. The Hall–Kier alpha value is -1.63. The third-order valence-corrected chi connectivity index (χ3v) is 3.39. The Morgan fingerprint density at radius 1 is 1.60 bits per heavy atom. The van der Waals surface area contributed by atoms with Crippen LogP contribution in [0.4, 0.5) is 4.79 Å². The highest BCUT2D eigenvalue weighted by Gasteiger charge is 2.23. The van der Waals surface area contributed by atoms with Crippen molar-refractivity contribution in [2.75, 3.05) is 33.4 Å². The first-order valence-electron chi connectivity index (χ1n) is 7.00. The van der Waals surface area contributed by atoms with Gasteiger partial charge < -0.3 is 19.5 Å². The number of aromatic nitrogens is 2. The summed E-state index contributed by atoms with van der Waals surface area (Å²) >= 11 is 0. The number of urea groups is 1. The summed E-state index contributed by atoms with van der Waals surface area (Å²) in [7, 11) is 1.70. The van der Waals surface area contributed by atoms with Gasteiger partial charge in [-0.25, -0.2) is 4.79 Å². The van der Waals surface area contributed by atoms with E-state index >= 15 is 0 Å². The molecule has 0 radical (unpaired) electrons. The number of rotatable bonds is 5. The normalized spacial score (nSPS) is 19.1. The Morgan fingerprint density at radius 3 is 3.15 bits per heavy atom. The van der Waals surface area contributed by atoms with Gasteiger partial charge in [-0.05, 0) is 19.8 Å². The lowest BCUT2D eigenvalue weighted by Gasteiger charge is -2.32. The van der Waals surface area contributed by atoms with Gasteiger partial charge in [-0.1, -0.05) is 5.16 Å². The summed E-state index contributed by atoms with van der Waals surface area (Å²) in [6.07, 6.45) is 2.71. The summed E-state index contributed by atoms with van der Waals surface area (Å²) in [6, 6.07) is -0.0259. The molecule has 20 heavy (non-hydrogen) atoms. The average molecular weight is 282 g/mol. The number of carbonyl (C=O) groups excluding carboxylic acids is 1. The summed E-state index contributed by atoms with van der Waals surface area (Å²) in [4.78, 5) is 18.0. The monoisotopic (exact) mass is 282 g/mol. The highest BCUT2D eigenvalue weighted by molar-refractivity contribution is 5.74. The second kappa shape index (κ2) is 7.23. The van der Waals surface area contributed by atoms with Gasteiger partial charge in [0.25, 0.3) is 0 Å². The summed E-state index contributed by atoms with van der Waals surface area (Å²) in [5.74, 6) is 1.61. The highest BCUT2D eigenvalue weighted by atomic mass is 16.5. The molecule has 112 valence electrons. The summed E-state index contributed by atoms with van der Waals surface area (Å²) in [6.45, 7) is 4.57. The molecule has 1 aromatic heterocycles. The molecule has 7 nitrogen and oxygen atoms in total. The van der Waals surface area contributed by atoms with E-state index in [9.17, 15) is 4.79 Å². The van der Waals surface area contributed by atoms with Gasteiger partial charge in [0, 0.05) is 39.1 Å². The molecule has 1 aliphatic heterocycles. The van der Waals surface area contributed by atoms with Crippen LogP contribution < -0.4 is 5.32 Å². The van der Waals surface area contributed by atoms with Crippen LogP contribution in [0.15, 0.2) is 4.52 Å². The van der Waals surface area contributed by atoms with Crippen molar-refractivity contribution in [2.24, 2.45) is 5.92 Å². The predicted molar refractivity (Wildman–Crippen MR) is 72.3 cm³/mol. The van der Waals surface area contributed by atoms with Crippen molar-refractivity contribution in [1.82, 2.24) is 20.4 Å². The number of carbonyl (C=O) groups is 1. The van der Waals surface area contributed by atoms with Crippen molar-refractivity contribution in [1.29, 1.82) is 0 Å². The molecule has 0 aromatic carbocycles. The van der Waals surface area contributed by atoms with E-state index in [-0.39, 0.29) is 6.03 Å². The van der Waals surface area contributed by atoms with E-state index in [4.69, 9.17) is 9.26 Å². The fourth-order valence-electron chi connectivity index (χ4n) is 2.45. The number of likely N-dealkylation sites (tertiary alicyclic amines) is 1. The first-order valence-corrected chi connectivity index (χ1v) is 7.00. The minimum absolute atomic E-state index is 0.0259. The fraction of sp³-hybridized carbons (Fsp3) is 0.769. The number of hydrogen-bond acceptors (Lipinski definition) is 5. The first kappa shape index (κ1) is 14.8. The van der Waals surface area contributed by atoms with E-state index < -0.39 is 0 Å². The molecule has 2 rings (SSSR count). The summed E-state index contributed by atoms with van der Waals surface area (Å²) < 4.78 is 10.2. The Labute approximate surface area is 118 Å². The number of methoxy groups -OCH3 is 1. The van der Waals surface area contributed by atoms with Gasteiger partial charge in [0.05, 0.1) is 6.61 Å². The van der Waals surface area contributed by atoms with E-state index in [1.165, 1.54) is 0 Å². The zero-order valence-corrected chi connectivity index (χ0v) is 12.1. The minimum Gasteiger partial charge on any atom is -0.384 e. The van der Waals surface area contributed by atoms with Gasteiger partial charge in [0.1, 0.15) is 0 Å². The fourth-order valence-corrected chi connectivity index (χ4v) is 2.45. The second-order valence-electron chi connectivity index (χ2n) is 5.13. The van der Waals surface area contributed by atoms with Crippen LogP contribution in [0.25, 0.3) is 0 Å². The molecule has 1 saturated heterocycles. The maximum absolute atomic E-state index is 12.1. The third kappa shape index (κ3) is 4.19. The van der Waals surface area contributed by atoms with Crippen molar-refractivity contribution < 1.29 is 14.1 Å². The van der Waals surface area contributed by atoms with E-state index in [1.54, 1.807) is 14.0 Å². The zero-order chi connectivity index (χ0) is 14.4. The van der Waals surface area contributed by atoms with Crippen LogP contribution in [0.5, 0.6) is 0 Å². The number of aryl methyl sites for hydroxylation is 1. The number of nitrogens with zero attached hydrogens (tertiary/aromatic N) is 3. The molecular formula is C13H22N4O3. The molecule has 0 aliphatic carbocycles. The number of amides is 2. The van der Waals surface area contributed by atoms with Crippen LogP contribution in [-0.2, 0) is 11.2 Å². The molecule has 1 N–H and O–H groups in total. The average Bonchev–Trinajstić information content (AvgIpc) is 2.85. The molecule has 1 aromatic rings. The molecule has 2 heterocycles. The Morgan fingerprint density at radius 2 is 2.45 bits per heavy atom. The van der Waals surface area contributed by atoms with E-state index in [0.29, 0.717) is 37.2 Å². The lowest BCUT2D eigenvalue weighted by Crippen LogP contribution is -2.46. The zero-order valence-electron chi connectivity index (χ0n) is 12.1. The Bertz CT molecular complexity index is 433. The SMILES string of the molecule is COCC1CCCN(C(=O)NCCc2nc(C)no2)C1. The standard InChI is InChI=1S/C13H22N4O3/c1-10-15-12(20-16-10)5-6-14-13(18)17-7-3-4-11(8-17)9-19-2/h11H,3-9H2,1-2H3,(H,14,18). The van der Waals surface area contributed by atoms with Crippen LogP contribution in [0.2, 0.25) is 0 Å². The quantitative estimate of drug-likeness (QED) is 0.871. The smallest absolute Gasteiger partial charge is 0.317 e. The number of hydrogen-bond donors (Lipinski definition) is 1. The molecule has 2 amide bonds. The lowest BCUT2D eigenvalue weighted by molar-refractivity contribution is 0.100. The molecule has 1 unspecified atom stereocenters. The van der Waals surface area contributed by atoms with Crippen molar-refractivity contribution in [3.8, 4) is 0 Å². The van der Waals surface area contributed by atoms with Gasteiger partial charge in [0.2, 0.25) is 5.89 Å². The van der Waals surface area contributed by atoms with Crippen molar-refractivity contribution >= 4 is 6.03 Å². The van der Waals surface area contributed by atoms with Crippen molar-refractivity contribution in [3.63, 3.8) is 0 Å². The minimum atomic E-state index is -0.0259. The molecule has 7 heteroatoms. The lowest BCUT2D eigenvalue weighted by atomic mass is 9.99. The van der Waals surface area contributed by atoms with Crippen LogP contribution in [0, 0.1) is 12.8 Å². The largest absolute Gasteiger partial charge is 0.384 e. The highest BCUT2D eigenvalue weighted by Crippen LogP contribution is 2.16. The van der Waals surface area contributed by atoms with Crippen LogP contribution in [-0.4, -0.2) is 54.4 Å². The Balaban J connectivity index is 1.71. The number of nitrogens with one attached hydrogen (secondary N) is 1. The number of ether oxygens (including phenoxy) is 1. The second-order valence-corrected chi connectivity index (χ2v) is 5.13. The van der Waals surface area contributed by atoms with E-state index in [2.05, 4.69) is 15.5 Å². The van der Waals surface area contributed by atoms with Gasteiger partial charge in [-0.3, -0.25) is 0 Å². The Kier molecular flexibility index (Phi) is 5.34. The molecular weight excluding hydrogens is 260 g/mol. The summed E-state index contributed by atoms with van der Waals surface area (Å²) in [5.41, 5.74) is 0. The van der Waals surface area contributed by atoms with E-state index in [0.717, 1.165) is 25.9 Å². The third-order valence-electron chi connectivity index (χ3n) is 3.39. The van der Waals surface area contributed by atoms with Gasteiger partial charge in [0.15, 0.2) is 5.82 Å². The first-order chi connectivity index (χ1) is 9.69. The van der Waals surface area contributed by atoms with Crippen LogP contribution in [0.3, 0.4) is 0 Å². The molecule has 0 bridgehead atoms.